The van der Waals surface area contributed by atoms with Gasteiger partial charge in [0.15, 0.2) is 0 Å². The van der Waals surface area contributed by atoms with Gasteiger partial charge in [-0.1, -0.05) is 26.0 Å². The lowest BCUT2D eigenvalue weighted by atomic mass is 9.84. The van der Waals surface area contributed by atoms with E-state index in [0.29, 0.717) is 18.8 Å². The summed E-state index contributed by atoms with van der Waals surface area (Å²) in [7, 11) is 0. The van der Waals surface area contributed by atoms with Crippen LogP contribution >= 0.6 is 0 Å². The van der Waals surface area contributed by atoms with Crippen LogP contribution in [0.1, 0.15) is 38.7 Å². The van der Waals surface area contributed by atoms with E-state index in [-0.39, 0.29) is 5.82 Å². The lowest BCUT2D eigenvalue weighted by Crippen LogP contribution is -2.40. The molecular weight excluding hydrogens is 281 g/mol. The summed E-state index contributed by atoms with van der Waals surface area (Å²) in [6, 6.07) is 6.30. The van der Waals surface area contributed by atoms with Crippen molar-refractivity contribution in [1.82, 2.24) is 4.90 Å². The highest BCUT2D eigenvalue weighted by atomic mass is 19.1. The molecule has 1 atom stereocenters. The zero-order valence-corrected chi connectivity index (χ0v) is 13.7. The van der Waals surface area contributed by atoms with Crippen LogP contribution in [0.15, 0.2) is 24.3 Å². The molecule has 3 nitrogen and oxygen atoms in total. The van der Waals surface area contributed by atoms with Gasteiger partial charge in [-0.25, -0.2) is 4.39 Å². The van der Waals surface area contributed by atoms with Crippen molar-refractivity contribution in [3.63, 3.8) is 0 Å². The van der Waals surface area contributed by atoms with Gasteiger partial charge in [0.25, 0.3) is 0 Å². The molecule has 1 unspecified atom stereocenters. The smallest absolute Gasteiger partial charge is 0.123 e. The number of hydrogen-bond acceptors (Lipinski definition) is 3. The second-order valence-corrected chi connectivity index (χ2v) is 6.68. The first kappa shape index (κ1) is 17.4. The minimum Gasteiger partial charge on any atom is -0.385 e. The maximum Gasteiger partial charge on any atom is 0.123 e. The molecule has 1 aromatic carbocycles. The first-order valence-electron chi connectivity index (χ1n) is 8.28. The SMILES string of the molecule is CC(C)CCC(O)(CCN1CCOCC1)c1ccc(F)cc1. The Morgan fingerprint density at radius 3 is 2.41 bits per heavy atom. The van der Waals surface area contributed by atoms with Gasteiger partial charge in [-0.3, -0.25) is 4.90 Å². The van der Waals surface area contributed by atoms with Crippen LogP contribution < -0.4 is 0 Å². The highest BCUT2D eigenvalue weighted by Gasteiger charge is 2.30. The van der Waals surface area contributed by atoms with Gasteiger partial charge in [-0.15, -0.1) is 0 Å². The van der Waals surface area contributed by atoms with Crippen LogP contribution in [-0.2, 0) is 10.3 Å². The zero-order valence-electron chi connectivity index (χ0n) is 13.7. The molecule has 1 heterocycles. The van der Waals surface area contributed by atoms with Gasteiger partial charge in [0.1, 0.15) is 5.82 Å². The van der Waals surface area contributed by atoms with Crippen LogP contribution in [0.2, 0.25) is 0 Å². The van der Waals surface area contributed by atoms with Crippen molar-refractivity contribution in [3.8, 4) is 0 Å². The van der Waals surface area contributed by atoms with E-state index in [1.54, 1.807) is 12.1 Å². The Kier molecular flexibility index (Phi) is 6.36. The van der Waals surface area contributed by atoms with Crippen LogP contribution in [0.5, 0.6) is 0 Å². The maximum atomic E-state index is 13.2. The van der Waals surface area contributed by atoms with Crippen LogP contribution in [0.4, 0.5) is 4.39 Å². The van der Waals surface area contributed by atoms with E-state index in [1.807, 2.05) is 0 Å². The van der Waals surface area contributed by atoms with E-state index in [1.165, 1.54) is 12.1 Å². The molecule has 1 aromatic rings. The van der Waals surface area contributed by atoms with Crippen molar-refractivity contribution in [2.24, 2.45) is 5.92 Å². The lowest BCUT2D eigenvalue weighted by molar-refractivity contribution is -0.0128. The van der Waals surface area contributed by atoms with Crippen molar-refractivity contribution in [1.29, 1.82) is 0 Å². The van der Waals surface area contributed by atoms with E-state index >= 15 is 0 Å². The van der Waals surface area contributed by atoms with Gasteiger partial charge < -0.3 is 9.84 Å². The highest BCUT2D eigenvalue weighted by molar-refractivity contribution is 5.23. The van der Waals surface area contributed by atoms with Crippen LogP contribution in [0.25, 0.3) is 0 Å². The summed E-state index contributed by atoms with van der Waals surface area (Å²) in [6.45, 7) is 8.53. The Bertz CT molecular complexity index is 443. The number of rotatable bonds is 7. The molecule has 0 amide bonds. The van der Waals surface area contributed by atoms with Gasteiger partial charge in [-0.05, 0) is 42.9 Å². The normalized spacial score (nSPS) is 19.3. The minimum atomic E-state index is -0.879. The summed E-state index contributed by atoms with van der Waals surface area (Å²) < 4.78 is 18.5. The third kappa shape index (κ3) is 5.04. The minimum absolute atomic E-state index is 0.261. The molecule has 0 spiro atoms. The second-order valence-electron chi connectivity index (χ2n) is 6.68. The molecular formula is C18H28FNO2. The van der Waals surface area contributed by atoms with E-state index in [0.717, 1.165) is 44.8 Å². The summed E-state index contributed by atoms with van der Waals surface area (Å²) in [5.74, 6) is 0.276. The van der Waals surface area contributed by atoms with Crippen LogP contribution in [0.3, 0.4) is 0 Å². The summed E-state index contributed by atoms with van der Waals surface area (Å²) in [5, 5.41) is 11.2. The fraction of sp³-hybridized carbons (Fsp3) is 0.667. The molecule has 124 valence electrons. The van der Waals surface area contributed by atoms with E-state index in [9.17, 15) is 9.50 Å². The molecule has 1 aliphatic rings. The average Bonchev–Trinajstić information content (AvgIpc) is 2.53. The van der Waals surface area contributed by atoms with Gasteiger partial charge in [0, 0.05) is 19.6 Å². The number of morpholine rings is 1. The molecule has 0 aromatic heterocycles. The van der Waals surface area contributed by atoms with E-state index in [4.69, 9.17) is 4.74 Å². The molecule has 0 radical (unpaired) electrons. The number of ether oxygens (including phenoxy) is 1. The topological polar surface area (TPSA) is 32.7 Å². The van der Waals surface area contributed by atoms with Crippen LogP contribution in [-0.4, -0.2) is 42.9 Å². The number of aliphatic hydroxyl groups is 1. The largest absolute Gasteiger partial charge is 0.385 e. The Balaban J connectivity index is 2.04. The fourth-order valence-electron chi connectivity index (χ4n) is 2.87. The predicted octanol–water partition coefficient (Wildman–Crippen LogP) is 3.17. The number of halogens is 1. The van der Waals surface area contributed by atoms with Crippen molar-refractivity contribution in [2.75, 3.05) is 32.8 Å². The molecule has 1 N–H and O–H groups in total. The van der Waals surface area contributed by atoms with Crippen LogP contribution in [0, 0.1) is 11.7 Å². The Hall–Kier alpha value is -0.970. The lowest BCUT2D eigenvalue weighted by Gasteiger charge is -2.34. The number of nitrogens with zero attached hydrogens (tertiary/aromatic N) is 1. The average molecular weight is 309 g/mol. The van der Waals surface area contributed by atoms with Crippen molar-refractivity contribution >= 4 is 0 Å². The molecule has 1 aliphatic heterocycles. The quantitative estimate of drug-likeness (QED) is 0.840. The third-order valence-electron chi connectivity index (χ3n) is 4.46. The Labute approximate surface area is 133 Å². The first-order chi connectivity index (χ1) is 10.5. The molecule has 0 aliphatic carbocycles. The zero-order chi connectivity index (χ0) is 16.0. The van der Waals surface area contributed by atoms with Gasteiger partial charge in [0.05, 0.1) is 18.8 Å². The summed E-state index contributed by atoms with van der Waals surface area (Å²) in [6.07, 6.45) is 2.34. The second kappa shape index (κ2) is 8.04. The predicted molar refractivity (Wildman–Crippen MR) is 86.2 cm³/mol. The first-order valence-corrected chi connectivity index (χ1v) is 8.28. The molecule has 1 fully saturated rings. The van der Waals surface area contributed by atoms with E-state index < -0.39 is 5.60 Å². The number of benzene rings is 1. The molecule has 22 heavy (non-hydrogen) atoms. The van der Waals surface area contributed by atoms with E-state index in [2.05, 4.69) is 18.7 Å². The molecule has 0 bridgehead atoms. The van der Waals surface area contributed by atoms with Gasteiger partial charge in [0.2, 0.25) is 0 Å². The fourth-order valence-corrected chi connectivity index (χ4v) is 2.87. The maximum absolute atomic E-state index is 13.2. The summed E-state index contributed by atoms with van der Waals surface area (Å²) in [5.41, 5.74) is -0.0567. The molecule has 2 rings (SSSR count). The molecule has 0 saturated carbocycles. The Morgan fingerprint density at radius 1 is 1.18 bits per heavy atom. The summed E-state index contributed by atoms with van der Waals surface area (Å²) >= 11 is 0. The third-order valence-corrected chi connectivity index (χ3v) is 4.46. The monoisotopic (exact) mass is 309 g/mol. The molecule has 4 heteroatoms. The van der Waals surface area contributed by atoms with Crippen molar-refractivity contribution in [3.05, 3.63) is 35.6 Å². The summed E-state index contributed by atoms with van der Waals surface area (Å²) in [4.78, 5) is 2.33. The number of hydrogen-bond donors (Lipinski definition) is 1. The molecule has 1 saturated heterocycles. The highest BCUT2D eigenvalue weighted by Crippen LogP contribution is 2.32. The standard InChI is InChI=1S/C18H28FNO2/c1-15(2)7-8-18(21,16-3-5-17(19)6-4-16)9-10-20-11-13-22-14-12-20/h3-6,15,21H,7-14H2,1-2H3. The Morgan fingerprint density at radius 2 is 1.82 bits per heavy atom. The van der Waals surface area contributed by atoms with Crippen molar-refractivity contribution < 1.29 is 14.2 Å². The van der Waals surface area contributed by atoms with Gasteiger partial charge in [-0.2, -0.15) is 0 Å². The van der Waals surface area contributed by atoms with Crippen molar-refractivity contribution in [2.45, 2.75) is 38.7 Å². The van der Waals surface area contributed by atoms with Gasteiger partial charge >= 0.3 is 0 Å².